The number of fused-ring (bicyclic) bond motifs is 1. The lowest BCUT2D eigenvalue weighted by molar-refractivity contribution is -0.0216. The molecule has 0 spiro atoms. The van der Waals surface area contributed by atoms with Gasteiger partial charge in [0.25, 0.3) is 0 Å². The molecule has 4 amide bonds. The standard InChI is InChI=1S/C46H58N4O4/c1-5-7-9-11-13-15-35-17-25-39(26-18-35)45-46(40-27-19-36(20-28-40)16-14-12-10-8-6-2,49(43(51)47-45)33-37-21-29-41(53-3)30-22-37)50(44(52)48-45)34-38-23-31-42(54-4)32-24-38/h17-32H,5-16,33-34H2,1-4H3,(H,47,51)(H,48,52). The van der Waals surface area contributed by atoms with Crippen molar-refractivity contribution >= 4 is 12.1 Å². The molecule has 4 aromatic carbocycles. The number of ether oxygens (including phenoxy) is 2. The molecule has 2 N–H and O–H groups in total. The molecule has 6 rings (SSSR count). The minimum absolute atomic E-state index is 0.259. The molecular formula is C46H58N4O4. The summed E-state index contributed by atoms with van der Waals surface area (Å²) in [4.78, 5) is 33.0. The number of rotatable bonds is 20. The molecule has 0 atom stereocenters. The number of amides is 4. The van der Waals surface area contributed by atoms with Gasteiger partial charge in [-0.3, -0.25) is 9.80 Å². The Morgan fingerprint density at radius 2 is 0.852 bits per heavy atom. The van der Waals surface area contributed by atoms with E-state index in [0.717, 1.165) is 59.4 Å². The monoisotopic (exact) mass is 730 g/mol. The van der Waals surface area contributed by atoms with Crippen LogP contribution >= 0.6 is 0 Å². The Balaban J connectivity index is 1.46. The third-order valence-corrected chi connectivity index (χ3v) is 11.3. The molecule has 0 aromatic heterocycles. The lowest BCUT2D eigenvalue weighted by Gasteiger charge is -2.47. The number of carbonyl (C=O) groups excluding carboxylic acids is 2. The Labute approximate surface area is 322 Å². The van der Waals surface area contributed by atoms with Crippen molar-refractivity contribution in [2.45, 2.75) is 115 Å². The summed E-state index contributed by atoms with van der Waals surface area (Å²) < 4.78 is 10.9. The Hall–Kier alpha value is -4.98. The highest BCUT2D eigenvalue weighted by Crippen LogP contribution is 2.55. The van der Waals surface area contributed by atoms with Gasteiger partial charge in [0.05, 0.1) is 27.3 Å². The van der Waals surface area contributed by atoms with Crippen molar-refractivity contribution in [3.05, 3.63) is 130 Å². The second kappa shape index (κ2) is 17.9. The van der Waals surface area contributed by atoms with Crippen LogP contribution in [0.15, 0.2) is 97.1 Å². The predicted molar refractivity (Wildman–Crippen MR) is 215 cm³/mol. The third kappa shape index (κ3) is 7.94. The maximum absolute atomic E-state index is 14.6. The normalized spacial score (nSPS) is 19.1. The third-order valence-electron chi connectivity index (χ3n) is 11.3. The molecule has 2 aliphatic rings. The molecular weight excluding hydrogens is 673 g/mol. The van der Waals surface area contributed by atoms with Crippen LogP contribution in [0.5, 0.6) is 11.5 Å². The van der Waals surface area contributed by atoms with Crippen molar-refractivity contribution in [3.63, 3.8) is 0 Å². The number of unbranched alkanes of at least 4 members (excludes halogenated alkanes) is 8. The van der Waals surface area contributed by atoms with Crippen LogP contribution in [-0.4, -0.2) is 36.1 Å². The summed E-state index contributed by atoms with van der Waals surface area (Å²) in [6.07, 6.45) is 14.2. The van der Waals surface area contributed by atoms with Crippen molar-refractivity contribution in [2.24, 2.45) is 0 Å². The van der Waals surface area contributed by atoms with E-state index in [9.17, 15) is 9.59 Å². The van der Waals surface area contributed by atoms with Gasteiger partial charge < -0.3 is 20.1 Å². The van der Waals surface area contributed by atoms with Crippen molar-refractivity contribution in [2.75, 3.05) is 14.2 Å². The van der Waals surface area contributed by atoms with E-state index in [-0.39, 0.29) is 25.2 Å². The number of carbonyl (C=O) groups is 2. The maximum Gasteiger partial charge on any atom is 0.322 e. The second-order valence-electron chi connectivity index (χ2n) is 14.9. The molecule has 0 aliphatic carbocycles. The number of hydrogen-bond donors (Lipinski definition) is 2. The molecule has 0 radical (unpaired) electrons. The van der Waals surface area contributed by atoms with E-state index < -0.39 is 11.3 Å². The van der Waals surface area contributed by atoms with E-state index in [0.29, 0.717) is 0 Å². The number of aryl methyl sites for hydroxylation is 2. The van der Waals surface area contributed by atoms with Crippen LogP contribution in [0.4, 0.5) is 9.59 Å². The second-order valence-corrected chi connectivity index (χ2v) is 14.9. The van der Waals surface area contributed by atoms with Crippen molar-refractivity contribution in [1.29, 1.82) is 0 Å². The summed E-state index contributed by atoms with van der Waals surface area (Å²) in [5.74, 6) is 1.48. The molecule has 2 fully saturated rings. The fourth-order valence-corrected chi connectivity index (χ4v) is 8.27. The van der Waals surface area contributed by atoms with Gasteiger partial charge >= 0.3 is 12.1 Å². The number of urea groups is 2. The average molecular weight is 731 g/mol. The lowest BCUT2D eigenvalue weighted by Crippen LogP contribution is -2.62. The fraction of sp³-hybridized carbons (Fsp3) is 0.435. The van der Waals surface area contributed by atoms with E-state index in [4.69, 9.17) is 9.47 Å². The first-order chi connectivity index (χ1) is 26.4. The lowest BCUT2D eigenvalue weighted by atomic mass is 9.80. The molecule has 54 heavy (non-hydrogen) atoms. The highest BCUT2D eigenvalue weighted by Gasteiger charge is 2.73. The van der Waals surface area contributed by atoms with E-state index in [2.05, 4.69) is 73.0 Å². The SMILES string of the molecule is CCCCCCCc1ccc(C23NC(=O)N(Cc4ccc(OC)cc4)C2(c2ccc(CCCCCCC)cc2)N(Cc2ccc(OC)cc2)C(=O)N3)cc1. The van der Waals surface area contributed by atoms with Gasteiger partial charge in [-0.1, -0.05) is 138 Å². The van der Waals surface area contributed by atoms with Crippen molar-refractivity contribution in [1.82, 2.24) is 20.4 Å². The first kappa shape index (κ1) is 38.7. The van der Waals surface area contributed by atoms with Gasteiger partial charge in [0, 0.05) is 11.1 Å². The Kier molecular flexibility index (Phi) is 12.8. The minimum Gasteiger partial charge on any atom is -0.497 e. The van der Waals surface area contributed by atoms with Gasteiger partial charge in [0.15, 0.2) is 11.3 Å². The summed E-state index contributed by atoms with van der Waals surface area (Å²) in [7, 11) is 3.29. The molecule has 8 heteroatoms. The van der Waals surface area contributed by atoms with Gasteiger partial charge in [-0.05, 0) is 72.2 Å². The van der Waals surface area contributed by atoms with Crippen LogP contribution in [0.2, 0.25) is 0 Å². The van der Waals surface area contributed by atoms with Gasteiger partial charge in [-0.25, -0.2) is 9.59 Å². The zero-order chi connectivity index (χ0) is 38.0. The first-order valence-corrected chi connectivity index (χ1v) is 20.0. The van der Waals surface area contributed by atoms with E-state index in [1.54, 1.807) is 14.2 Å². The van der Waals surface area contributed by atoms with Crippen LogP contribution in [0.3, 0.4) is 0 Å². The fourth-order valence-electron chi connectivity index (χ4n) is 8.27. The Morgan fingerprint density at radius 3 is 1.24 bits per heavy atom. The zero-order valence-electron chi connectivity index (χ0n) is 32.7. The van der Waals surface area contributed by atoms with E-state index >= 15 is 0 Å². The Morgan fingerprint density at radius 1 is 0.481 bits per heavy atom. The largest absolute Gasteiger partial charge is 0.497 e. The number of nitrogens with one attached hydrogen (secondary N) is 2. The smallest absolute Gasteiger partial charge is 0.322 e. The molecule has 8 nitrogen and oxygen atoms in total. The highest BCUT2D eigenvalue weighted by atomic mass is 16.5. The predicted octanol–water partition coefficient (Wildman–Crippen LogP) is 10.2. The maximum atomic E-state index is 14.6. The molecule has 0 unspecified atom stereocenters. The van der Waals surface area contributed by atoms with Crippen LogP contribution in [0.25, 0.3) is 0 Å². The summed E-state index contributed by atoms with van der Waals surface area (Å²) in [5.41, 5.74) is 3.46. The summed E-state index contributed by atoms with van der Waals surface area (Å²) in [6.45, 7) is 5.01. The van der Waals surface area contributed by atoms with Crippen molar-refractivity contribution in [3.8, 4) is 11.5 Å². The molecule has 0 bridgehead atoms. The molecule has 286 valence electrons. The van der Waals surface area contributed by atoms with Gasteiger partial charge in [0.1, 0.15) is 11.5 Å². The number of methoxy groups -OCH3 is 2. The number of benzene rings is 4. The van der Waals surface area contributed by atoms with Crippen LogP contribution < -0.4 is 20.1 Å². The molecule has 2 heterocycles. The number of nitrogens with zero attached hydrogens (tertiary/aromatic N) is 2. The Bertz CT molecular complexity index is 1730. The summed E-state index contributed by atoms with van der Waals surface area (Å²) in [5, 5.41) is 6.73. The van der Waals surface area contributed by atoms with Gasteiger partial charge in [-0.2, -0.15) is 0 Å². The molecule has 4 aromatic rings. The van der Waals surface area contributed by atoms with E-state index in [1.807, 2.05) is 58.3 Å². The van der Waals surface area contributed by atoms with Gasteiger partial charge in [-0.15, -0.1) is 0 Å². The van der Waals surface area contributed by atoms with Crippen LogP contribution in [0.1, 0.15) is 111 Å². The highest BCUT2D eigenvalue weighted by molar-refractivity contribution is 5.89. The first-order valence-electron chi connectivity index (χ1n) is 20.0. The quantitative estimate of drug-likeness (QED) is 0.0887. The zero-order valence-corrected chi connectivity index (χ0v) is 32.7. The van der Waals surface area contributed by atoms with Crippen LogP contribution in [0, 0.1) is 0 Å². The average Bonchev–Trinajstić information content (AvgIpc) is 3.59. The summed E-state index contributed by atoms with van der Waals surface area (Å²) >= 11 is 0. The van der Waals surface area contributed by atoms with E-state index in [1.165, 1.54) is 62.5 Å². The minimum atomic E-state index is -1.29. The molecule has 2 aliphatic heterocycles. The molecule has 2 saturated heterocycles. The number of hydrogen-bond acceptors (Lipinski definition) is 4. The van der Waals surface area contributed by atoms with Gasteiger partial charge in [0.2, 0.25) is 0 Å². The topological polar surface area (TPSA) is 83.1 Å². The molecule has 0 saturated carbocycles. The summed E-state index contributed by atoms with van der Waals surface area (Å²) in [6, 6.07) is 32.2. The van der Waals surface area contributed by atoms with Crippen molar-refractivity contribution < 1.29 is 19.1 Å². The van der Waals surface area contributed by atoms with Crippen LogP contribution in [-0.2, 0) is 37.3 Å².